The number of nitrogens with one attached hydrogen (secondary N) is 1. The number of hydrogen-bond donors (Lipinski definition) is 2. The maximum Gasteiger partial charge on any atom is 0.0532 e. The molecule has 0 aliphatic rings. The molecule has 2 aromatic rings. The van der Waals surface area contributed by atoms with E-state index in [0.717, 1.165) is 27.1 Å². The fourth-order valence-corrected chi connectivity index (χ4v) is 2.51. The molecule has 3 heteroatoms. The second-order valence-electron chi connectivity index (χ2n) is 5.06. The number of benzene rings is 2. The zero-order chi connectivity index (χ0) is 14.0. The van der Waals surface area contributed by atoms with Gasteiger partial charge in [0.15, 0.2) is 0 Å². The molecule has 0 unspecified atom stereocenters. The molecule has 0 spiro atoms. The summed E-state index contributed by atoms with van der Waals surface area (Å²) in [5.41, 5.74) is 11.3. The molecule has 0 bridgehead atoms. The van der Waals surface area contributed by atoms with Gasteiger partial charge < -0.3 is 11.1 Å². The Balaban J connectivity index is 2.39. The normalized spacial score (nSPS) is 10.8. The second kappa shape index (κ2) is 5.66. The van der Waals surface area contributed by atoms with Crippen molar-refractivity contribution in [2.75, 3.05) is 11.1 Å². The van der Waals surface area contributed by atoms with E-state index in [9.17, 15) is 0 Å². The van der Waals surface area contributed by atoms with Crippen molar-refractivity contribution in [1.29, 1.82) is 0 Å². The summed E-state index contributed by atoms with van der Waals surface area (Å²) in [7, 11) is 0. The van der Waals surface area contributed by atoms with Crippen LogP contribution in [0.3, 0.4) is 0 Å². The summed E-state index contributed by atoms with van der Waals surface area (Å²) in [6.45, 7) is 6.41. The number of anilines is 3. The molecule has 100 valence electrons. The molecule has 2 aromatic carbocycles. The van der Waals surface area contributed by atoms with Crippen molar-refractivity contribution in [3.8, 4) is 0 Å². The van der Waals surface area contributed by atoms with E-state index in [4.69, 9.17) is 5.73 Å². The van der Waals surface area contributed by atoms with E-state index in [1.807, 2.05) is 19.1 Å². The van der Waals surface area contributed by atoms with Crippen molar-refractivity contribution in [1.82, 2.24) is 0 Å². The van der Waals surface area contributed by atoms with E-state index >= 15 is 0 Å². The van der Waals surface area contributed by atoms with Crippen molar-refractivity contribution in [3.05, 3.63) is 52.0 Å². The number of rotatable bonds is 3. The molecule has 0 heterocycles. The van der Waals surface area contributed by atoms with Crippen LogP contribution >= 0.6 is 15.9 Å². The molecular formula is C16H19BrN2. The third-order valence-corrected chi connectivity index (χ3v) is 3.86. The monoisotopic (exact) mass is 318 g/mol. The van der Waals surface area contributed by atoms with Crippen molar-refractivity contribution >= 4 is 33.0 Å². The molecule has 0 saturated carbocycles. The first-order valence-corrected chi connectivity index (χ1v) is 7.20. The minimum atomic E-state index is 0.484. The van der Waals surface area contributed by atoms with Gasteiger partial charge in [-0.1, -0.05) is 32.0 Å². The molecule has 0 aromatic heterocycles. The minimum Gasteiger partial charge on any atom is -0.398 e. The SMILES string of the molecule is Cc1cc(Nc2ccccc2C(C)C)c(Br)cc1N. The highest BCUT2D eigenvalue weighted by molar-refractivity contribution is 9.10. The highest BCUT2D eigenvalue weighted by Gasteiger charge is 2.08. The van der Waals surface area contributed by atoms with Crippen LogP contribution in [0.4, 0.5) is 17.1 Å². The van der Waals surface area contributed by atoms with Crippen molar-refractivity contribution in [2.45, 2.75) is 26.7 Å². The van der Waals surface area contributed by atoms with Gasteiger partial charge in [0.1, 0.15) is 0 Å². The van der Waals surface area contributed by atoms with Crippen LogP contribution < -0.4 is 11.1 Å². The molecule has 3 N–H and O–H groups in total. The summed E-state index contributed by atoms with van der Waals surface area (Å²) in [4.78, 5) is 0. The summed E-state index contributed by atoms with van der Waals surface area (Å²) >= 11 is 3.56. The quantitative estimate of drug-likeness (QED) is 0.762. The topological polar surface area (TPSA) is 38.0 Å². The fourth-order valence-electron chi connectivity index (χ4n) is 2.05. The Bertz CT molecular complexity index is 591. The highest BCUT2D eigenvalue weighted by atomic mass is 79.9. The Labute approximate surface area is 123 Å². The number of nitrogen functional groups attached to an aromatic ring is 1. The first-order chi connectivity index (χ1) is 8.99. The molecule has 19 heavy (non-hydrogen) atoms. The zero-order valence-corrected chi connectivity index (χ0v) is 13.1. The van der Waals surface area contributed by atoms with E-state index in [0.29, 0.717) is 5.92 Å². The number of para-hydroxylation sites is 1. The van der Waals surface area contributed by atoms with Crippen LogP contribution in [0.15, 0.2) is 40.9 Å². The van der Waals surface area contributed by atoms with Gasteiger partial charge in [-0.2, -0.15) is 0 Å². The average Bonchev–Trinajstić information content (AvgIpc) is 2.36. The predicted molar refractivity (Wildman–Crippen MR) is 87.1 cm³/mol. The number of hydrogen-bond acceptors (Lipinski definition) is 2. The average molecular weight is 319 g/mol. The number of nitrogens with two attached hydrogens (primary N) is 1. The van der Waals surface area contributed by atoms with Crippen LogP contribution in [0.5, 0.6) is 0 Å². The van der Waals surface area contributed by atoms with Gasteiger partial charge in [-0.3, -0.25) is 0 Å². The van der Waals surface area contributed by atoms with Crippen LogP contribution in [0.2, 0.25) is 0 Å². The Morgan fingerprint density at radius 1 is 1.11 bits per heavy atom. The van der Waals surface area contributed by atoms with Crippen LogP contribution in [0.25, 0.3) is 0 Å². The highest BCUT2D eigenvalue weighted by Crippen LogP contribution is 2.33. The third kappa shape index (κ3) is 3.10. The van der Waals surface area contributed by atoms with Crippen LogP contribution in [-0.2, 0) is 0 Å². The minimum absolute atomic E-state index is 0.484. The molecule has 0 amide bonds. The zero-order valence-electron chi connectivity index (χ0n) is 11.5. The van der Waals surface area contributed by atoms with Gasteiger partial charge in [0.2, 0.25) is 0 Å². The lowest BCUT2D eigenvalue weighted by Crippen LogP contribution is -1.99. The number of halogens is 1. The Kier molecular flexibility index (Phi) is 4.15. The van der Waals surface area contributed by atoms with Gasteiger partial charge in [0.05, 0.1) is 5.69 Å². The Hall–Kier alpha value is -1.48. The van der Waals surface area contributed by atoms with Gasteiger partial charge in [-0.15, -0.1) is 0 Å². The third-order valence-electron chi connectivity index (χ3n) is 3.21. The van der Waals surface area contributed by atoms with Gasteiger partial charge in [0, 0.05) is 15.8 Å². The first kappa shape index (κ1) is 13.9. The summed E-state index contributed by atoms with van der Waals surface area (Å²) < 4.78 is 0.981. The lowest BCUT2D eigenvalue weighted by molar-refractivity contribution is 0.869. The lowest BCUT2D eigenvalue weighted by Gasteiger charge is -2.16. The van der Waals surface area contributed by atoms with Crippen LogP contribution in [0.1, 0.15) is 30.9 Å². The molecule has 0 saturated heterocycles. The maximum absolute atomic E-state index is 5.90. The lowest BCUT2D eigenvalue weighted by atomic mass is 10.0. The molecule has 2 rings (SSSR count). The van der Waals surface area contributed by atoms with Crippen molar-refractivity contribution < 1.29 is 0 Å². The van der Waals surface area contributed by atoms with Gasteiger partial charge in [-0.05, 0) is 58.1 Å². The Morgan fingerprint density at radius 2 is 1.79 bits per heavy atom. The first-order valence-electron chi connectivity index (χ1n) is 6.40. The Morgan fingerprint density at radius 3 is 2.47 bits per heavy atom. The van der Waals surface area contributed by atoms with Gasteiger partial charge in [-0.25, -0.2) is 0 Å². The van der Waals surface area contributed by atoms with E-state index < -0.39 is 0 Å². The standard InChI is InChI=1S/C16H19BrN2/c1-10(2)12-6-4-5-7-15(12)19-16-8-11(3)14(18)9-13(16)17/h4-10,19H,18H2,1-3H3. The summed E-state index contributed by atoms with van der Waals surface area (Å²) in [6.07, 6.45) is 0. The molecular weight excluding hydrogens is 300 g/mol. The summed E-state index contributed by atoms with van der Waals surface area (Å²) in [5.74, 6) is 0.484. The molecule has 0 atom stereocenters. The number of aryl methyl sites for hydroxylation is 1. The van der Waals surface area contributed by atoms with Crippen LogP contribution in [-0.4, -0.2) is 0 Å². The van der Waals surface area contributed by atoms with Crippen molar-refractivity contribution in [3.63, 3.8) is 0 Å². The molecule has 0 fully saturated rings. The molecule has 0 aliphatic heterocycles. The van der Waals surface area contributed by atoms with E-state index in [-0.39, 0.29) is 0 Å². The van der Waals surface area contributed by atoms with E-state index in [2.05, 4.69) is 59.4 Å². The van der Waals surface area contributed by atoms with Gasteiger partial charge in [0.25, 0.3) is 0 Å². The van der Waals surface area contributed by atoms with Gasteiger partial charge >= 0.3 is 0 Å². The summed E-state index contributed by atoms with van der Waals surface area (Å²) in [5, 5.41) is 3.49. The summed E-state index contributed by atoms with van der Waals surface area (Å²) in [6, 6.07) is 12.4. The fraction of sp³-hybridized carbons (Fsp3) is 0.250. The predicted octanol–water partition coefficient (Wildman–Crippen LogP) is 5.21. The van der Waals surface area contributed by atoms with E-state index in [1.165, 1.54) is 5.56 Å². The maximum atomic E-state index is 5.90. The van der Waals surface area contributed by atoms with Crippen molar-refractivity contribution in [2.24, 2.45) is 0 Å². The largest absolute Gasteiger partial charge is 0.398 e. The molecule has 2 nitrogen and oxygen atoms in total. The van der Waals surface area contributed by atoms with Crippen LogP contribution in [0, 0.1) is 6.92 Å². The molecule has 0 radical (unpaired) electrons. The van der Waals surface area contributed by atoms with E-state index in [1.54, 1.807) is 0 Å². The molecule has 0 aliphatic carbocycles. The smallest absolute Gasteiger partial charge is 0.0532 e. The second-order valence-corrected chi connectivity index (χ2v) is 5.91.